The molecule has 0 aliphatic carbocycles. The molecule has 0 aliphatic rings. The van der Waals surface area contributed by atoms with E-state index in [1.807, 2.05) is 51.1 Å². The zero-order chi connectivity index (χ0) is 17.0. The fourth-order valence-electron chi connectivity index (χ4n) is 1.72. The third kappa shape index (κ3) is 4.32. The Morgan fingerprint density at radius 3 is 2.48 bits per heavy atom. The van der Waals surface area contributed by atoms with Crippen molar-refractivity contribution in [2.75, 3.05) is 5.32 Å². The third-order valence-electron chi connectivity index (χ3n) is 2.90. The molecule has 1 heterocycles. The van der Waals surface area contributed by atoms with Crippen molar-refractivity contribution < 1.29 is 23.8 Å². The van der Waals surface area contributed by atoms with Crippen LogP contribution >= 0.6 is 0 Å². The number of aromatic nitrogens is 1. The van der Waals surface area contributed by atoms with E-state index in [4.69, 9.17) is 14.3 Å². The van der Waals surface area contributed by atoms with E-state index in [1.165, 1.54) is 0 Å². The van der Waals surface area contributed by atoms with E-state index in [9.17, 15) is 9.59 Å². The van der Waals surface area contributed by atoms with Crippen LogP contribution in [0.3, 0.4) is 0 Å². The second kappa shape index (κ2) is 6.51. The number of hydrogen-bond acceptors (Lipinski definition) is 5. The lowest BCUT2D eigenvalue weighted by Gasteiger charge is -2.12. The largest absolute Gasteiger partial charge is 0.476 e. The van der Waals surface area contributed by atoms with Gasteiger partial charge in [0, 0.05) is 5.41 Å². The number of oxazole rings is 1. The molecule has 0 saturated heterocycles. The normalized spacial score (nSPS) is 11.1. The summed E-state index contributed by atoms with van der Waals surface area (Å²) < 4.78 is 10.4. The van der Waals surface area contributed by atoms with Crippen LogP contribution in [0.2, 0.25) is 0 Å². The average molecular weight is 318 g/mol. The summed E-state index contributed by atoms with van der Waals surface area (Å²) in [6.45, 7) is 5.53. The molecule has 7 nitrogen and oxygen atoms in total. The number of benzene rings is 1. The van der Waals surface area contributed by atoms with Gasteiger partial charge in [-0.1, -0.05) is 51.1 Å². The second-order valence-electron chi connectivity index (χ2n) is 5.94. The minimum absolute atomic E-state index is 0.0648. The first-order valence-corrected chi connectivity index (χ1v) is 6.99. The Hall–Kier alpha value is -2.83. The Balaban J connectivity index is 2.08. The summed E-state index contributed by atoms with van der Waals surface area (Å²) in [6.07, 6.45) is -0.812. The first-order chi connectivity index (χ1) is 10.8. The highest BCUT2D eigenvalue weighted by Crippen LogP contribution is 2.27. The number of ether oxygens (including phenoxy) is 1. The number of anilines is 1. The standard InChI is InChI=1S/C16H18N2O5/c1-16(2,3)14-17-11(13(19)20)12(23-14)18-15(21)22-9-10-7-5-4-6-8-10/h4-8H,9H2,1-3H3,(H,18,21)(H,19,20). The summed E-state index contributed by atoms with van der Waals surface area (Å²) >= 11 is 0. The maximum atomic E-state index is 11.8. The maximum Gasteiger partial charge on any atom is 0.414 e. The number of nitrogens with one attached hydrogen (secondary N) is 1. The van der Waals surface area contributed by atoms with Crippen LogP contribution in [0.25, 0.3) is 0 Å². The Bertz CT molecular complexity index is 701. The van der Waals surface area contributed by atoms with Crippen molar-refractivity contribution in [2.24, 2.45) is 0 Å². The van der Waals surface area contributed by atoms with Gasteiger partial charge >= 0.3 is 12.1 Å². The molecule has 2 N–H and O–H groups in total. The van der Waals surface area contributed by atoms with Gasteiger partial charge < -0.3 is 14.3 Å². The molecule has 0 spiro atoms. The van der Waals surface area contributed by atoms with Crippen molar-refractivity contribution in [2.45, 2.75) is 32.8 Å². The molecular formula is C16H18N2O5. The summed E-state index contributed by atoms with van der Waals surface area (Å²) in [5.41, 5.74) is -0.0291. The summed E-state index contributed by atoms with van der Waals surface area (Å²) in [6, 6.07) is 9.12. The van der Waals surface area contributed by atoms with Gasteiger partial charge in [0.15, 0.2) is 0 Å². The highest BCUT2D eigenvalue weighted by Gasteiger charge is 2.27. The second-order valence-corrected chi connectivity index (χ2v) is 5.94. The highest BCUT2D eigenvalue weighted by molar-refractivity contribution is 5.95. The number of hydrogen-bond donors (Lipinski definition) is 2. The zero-order valence-corrected chi connectivity index (χ0v) is 13.1. The van der Waals surface area contributed by atoms with E-state index in [2.05, 4.69) is 10.3 Å². The first kappa shape index (κ1) is 16.5. The average Bonchev–Trinajstić information content (AvgIpc) is 2.90. The molecule has 1 aromatic heterocycles. The minimum atomic E-state index is -1.29. The van der Waals surface area contributed by atoms with Gasteiger partial charge in [-0.25, -0.2) is 14.6 Å². The van der Waals surface area contributed by atoms with E-state index in [-0.39, 0.29) is 24.1 Å². The number of amides is 1. The van der Waals surface area contributed by atoms with Crippen molar-refractivity contribution in [3.8, 4) is 0 Å². The lowest BCUT2D eigenvalue weighted by molar-refractivity contribution is 0.0692. The summed E-state index contributed by atoms with van der Waals surface area (Å²) in [4.78, 5) is 26.9. The SMILES string of the molecule is CC(C)(C)c1nc(C(=O)O)c(NC(=O)OCc2ccccc2)o1. The molecule has 0 bridgehead atoms. The molecule has 0 fully saturated rings. The smallest absolute Gasteiger partial charge is 0.414 e. The Kier molecular flexibility index (Phi) is 4.68. The molecule has 0 saturated carbocycles. The van der Waals surface area contributed by atoms with E-state index >= 15 is 0 Å². The quantitative estimate of drug-likeness (QED) is 0.895. The van der Waals surface area contributed by atoms with Crippen molar-refractivity contribution in [1.82, 2.24) is 4.98 Å². The van der Waals surface area contributed by atoms with Crippen LogP contribution in [0.1, 0.15) is 42.7 Å². The number of rotatable bonds is 4. The topological polar surface area (TPSA) is 102 Å². The number of carbonyl (C=O) groups excluding carboxylic acids is 1. The van der Waals surface area contributed by atoms with Gasteiger partial charge in [-0.2, -0.15) is 0 Å². The molecule has 7 heteroatoms. The predicted molar refractivity (Wildman–Crippen MR) is 82.4 cm³/mol. The number of carboxylic acids is 1. The van der Waals surface area contributed by atoms with Gasteiger partial charge in [0.1, 0.15) is 6.61 Å². The van der Waals surface area contributed by atoms with Gasteiger partial charge in [0.2, 0.25) is 17.5 Å². The molecule has 0 atom stereocenters. The summed E-state index contributed by atoms with van der Waals surface area (Å²) in [7, 11) is 0. The fourth-order valence-corrected chi connectivity index (χ4v) is 1.72. The molecule has 0 radical (unpaired) electrons. The monoisotopic (exact) mass is 318 g/mol. The summed E-state index contributed by atoms with van der Waals surface area (Å²) in [5.74, 6) is -1.31. The van der Waals surface area contributed by atoms with Crippen LogP contribution in [-0.2, 0) is 16.8 Å². The third-order valence-corrected chi connectivity index (χ3v) is 2.90. The molecule has 1 amide bonds. The number of nitrogens with zero attached hydrogens (tertiary/aromatic N) is 1. The molecule has 23 heavy (non-hydrogen) atoms. The van der Waals surface area contributed by atoms with E-state index in [0.717, 1.165) is 5.56 Å². The Morgan fingerprint density at radius 1 is 1.26 bits per heavy atom. The van der Waals surface area contributed by atoms with Crippen LogP contribution in [0.4, 0.5) is 10.7 Å². The number of carbonyl (C=O) groups is 2. The van der Waals surface area contributed by atoms with Crippen molar-refractivity contribution in [1.29, 1.82) is 0 Å². The minimum Gasteiger partial charge on any atom is -0.476 e. The fraction of sp³-hybridized carbons (Fsp3) is 0.312. The molecule has 0 unspecified atom stereocenters. The zero-order valence-electron chi connectivity index (χ0n) is 13.1. The van der Waals surface area contributed by atoms with Crippen LogP contribution in [0.15, 0.2) is 34.7 Å². The molecule has 1 aromatic carbocycles. The Morgan fingerprint density at radius 2 is 1.91 bits per heavy atom. The van der Waals surface area contributed by atoms with Crippen LogP contribution in [0, 0.1) is 0 Å². The lowest BCUT2D eigenvalue weighted by Crippen LogP contribution is -2.15. The van der Waals surface area contributed by atoms with Crippen molar-refractivity contribution >= 4 is 17.9 Å². The highest BCUT2D eigenvalue weighted by atomic mass is 16.6. The van der Waals surface area contributed by atoms with Gasteiger partial charge in [0.25, 0.3) is 0 Å². The van der Waals surface area contributed by atoms with E-state index in [0.29, 0.717) is 0 Å². The molecule has 2 rings (SSSR count). The number of aromatic carboxylic acids is 1. The molecular weight excluding hydrogens is 300 g/mol. The predicted octanol–water partition coefficient (Wildman–Crippen LogP) is 3.42. The maximum absolute atomic E-state index is 11.8. The van der Waals surface area contributed by atoms with Crippen LogP contribution in [-0.4, -0.2) is 22.2 Å². The van der Waals surface area contributed by atoms with Crippen LogP contribution in [0.5, 0.6) is 0 Å². The molecule has 2 aromatic rings. The van der Waals surface area contributed by atoms with Crippen molar-refractivity contribution in [3.05, 3.63) is 47.5 Å². The first-order valence-electron chi connectivity index (χ1n) is 6.99. The lowest BCUT2D eigenvalue weighted by atomic mass is 9.97. The van der Waals surface area contributed by atoms with Crippen LogP contribution < -0.4 is 5.32 Å². The summed E-state index contributed by atoms with van der Waals surface area (Å²) in [5, 5.41) is 11.4. The van der Waals surface area contributed by atoms with Gasteiger partial charge in [0.05, 0.1) is 0 Å². The number of carboxylic acid groups (broad SMARTS) is 1. The van der Waals surface area contributed by atoms with E-state index in [1.54, 1.807) is 0 Å². The van der Waals surface area contributed by atoms with Crippen molar-refractivity contribution in [3.63, 3.8) is 0 Å². The van der Waals surface area contributed by atoms with Gasteiger partial charge in [-0.3, -0.25) is 5.32 Å². The van der Waals surface area contributed by atoms with E-state index < -0.39 is 17.5 Å². The van der Waals surface area contributed by atoms with Gasteiger partial charge in [-0.05, 0) is 5.56 Å². The molecule has 122 valence electrons. The van der Waals surface area contributed by atoms with Gasteiger partial charge in [-0.15, -0.1) is 0 Å². The Labute approximate surface area is 133 Å². The molecule has 0 aliphatic heterocycles.